The second-order valence-corrected chi connectivity index (χ2v) is 8.53. The van der Waals surface area contributed by atoms with E-state index in [9.17, 15) is 9.18 Å². The van der Waals surface area contributed by atoms with Crippen LogP contribution in [0.2, 0.25) is 0 Å². The summed E-state index contributed by atoms with van der Waals surface area (Å²) in [6.45, 7) is 1.85. The van der Waals surface area contributed by atoms with Crippen molar-refractivity contribution in [3.8, 4) is 16.9 Å². The lowest BCUT2D eigenvalue weighted by Crippen LogP contribution is -2.20. The van der Waals surface area contributed by atoms with Gasteiger partial charge in [0.1, 0.15) is 18.1 Å². The zero-order chi connectivity index (χ0) is 22.1. The summed E-state index contributed by atoms with van der Waals surface area (Å²) in [6, 6.07) is 12.2. The Balaban J connectivity index is 1.66. The van der Waals surface area contributed by atoms with E-state index < -0.39 is 5.82 Å². The van der Waals surface area contributed by atoms with Crippen LogP contribution in [-0.4, -0.2) is 27.8 Å². The zero-order valence-corrected chi connectivity index (χ0v) is 19.8. The van der Waals surface area contributed by atoms with Crippen molar-refractivity contribution in [3.05, 3.63) is 69.1 Å². The van der Waals surface area contributed by atoms with E-state index in [1.807, 2.05) is 37.3 Å². The molecule has 4 aromatic rings. The van der Waals surface area contributed by atoms with Gasteiger partial charge < -0.3 is 10.1 Å². The van der Waals surface area contributed by atoms with Gasteiger partial charge in [0, 0.05) is 20.5 Å². The predicted molar refractivity (Wildman–Crippen MR) is 125 cm³/mol. The molecule has 0 aliphatic carbocycles. The van der Waals surface area contributed by atoms with E-state index in [0.717, 1.165) is 28.0 Å². The second kappa shape index (κ2) is 8.76. The van der Waals surface area contributed by atoms with Crippen LogP contribution in [0.4, 0.5) is 10.1 Å². The van der Waals surface area contributed by atoms with E-state index in [-0.39, 0.29) is 12.5 Å². The molecule has 2 heterocycles. The number of halogens is 3. The summed E-state index contributed by atoms with van der Waals surface area (Å²) in [4.78, 5) is 17.2. The van der Waals surface area contributed by atoms with Crippen molar-refractivity contribution in [1.29, 1.82) is 0 Å². The number of pyridine rings is 1. The van der Waals surface area contributed by atoms with Crippen LogP contribution in [0.15, 0.2) is 57.6 Å². The molecule has 0 aliphatic rings. The molecule has 0 radical (unpaired) electrons. The molecule has 31 heavy (non-hydrogen) atoms. The van der Waals surface area contributed by atoms with Crippen molar-refractivity contribution in [2.45, 2.75) is 13.5 Å². The molecule has 9 heteroatoms. The number of hydrogen-bond donors (Lipinski definition) is 1. The number of fused-ring (bicyclic) bond motifs is 1. The molecule has 158 valence electrons. The van der Waals surface area contributed by atoms with E-state index >= 15 is 0 Å². The van der Waals surface area contributed by atoms with E-state index in [1.165, 1.54) is 12.1 Å². The van der Waals surface area contributed by atoms with Crippen LogP contribution in [0.5, 0.6) is 5.75 Å². The molecule has 1 amide bonds. The first-order valence-electron chi connectivity index (χ1n) is 9.28. The number of hydrogen-bond acceptors (Lipinski definition) is 4. The number of carbonyl (C=O) groups is 1. The van der Waals surface area contributed by atoms with Gasteiger partial charge in [0.15, 0.2) is 5.65 Å². The molecule has 2 aromatic carbocycles. The number of rotatable bonds is 5. The molecule has 0 atom stereocenters. The van der Waals surface area contributed by atoms with Crippen molar-refractivity contribution in [3.63, 3.8) is 0 Å². The summed E-state index contributed by atoms with van der Waals surface area (Å²) in [5.74, 6) is 0.0472. The summed E-state index contributed by atoms with van der Waals surface area (Å²) in [6.07, 6.45) is 1.70. The van der Waals surface area contributed by atoms with Crippen LogP contribution in [0, 0.1) is 12.7 Å². The Hall–Kier alpha value is -2.78. The molecule has 2 aromatic heterocycles. The first-order valence-corrected chi connectivity index (χ1v) is 10.9. The first kappa shape index (κ1) is 21.5. The number of nitrogens with zero attached hydrogens (tertiary/aromatic N) is 3. The molecule has 0 fully saturated rings. The number of anilines is 1. The van der Waals surface area contributed by atoms with Gasteiger partial charge in [-0.1, -0.05) is 12.1 Å². The molecule has 0 bridgehead atoms. The van der Waals surface area contributed by atoms with Crippen molar-refractivity contribution in [2.75, 3.05) is 12.4 Å². The molecule has 0 spiro atoms. The summed E-state index contributed by atoms with van der Waals surface area (Å²) in [5, 5.41) is 8.20. The molecule has 0 saturated carbocycles. The Morgan fingerprint density at radius 1 is 1.16 bits per heavy atom. The fraction of sp³-hybridized carbons (Fsp3) is 0.136. The predicted octanol–water partition coefficient (Wildman–Crippen LogP) is 5.72. The Labute approximate surface area is 194 Å². The third kappa shape index (κ3) is 4.33. The monoisotopic (exact) mass is 546 g/mol. The lowest BCUT2D eigenvalue weighted by Gasteiger charge is -2.10. The van der Waals surface area contributed by atoms with Crippen molar-refractivity contribution < 1.29 is 13.9 Å². The molecule has 0 aliphatic heterocycles. The molecular weight excluding hydrogens is 531 g/mol. The number of benzene rings is 2. The van der Waals surface area contributed by atoms with Crippen LogP contribution in [0.3, 0.4) is 0 Å². The van der Waals surface area contributed by atoms with Gasteiger partial charge in [0.2, 0.25) is 5.91 Å². The van der Waals surface area contributed by atoms with E-state index in [1.54, 1.807) is 18.0 Å². The summed E-state index contributed by atoms with van der Waals surface area (Å²) in [7, 11) is 1.63. The summed E-state index contributed by atoms with van der Waals surface area (Å²) >= 11 is 6.55. The van der Waals surface area contributed by atoms with Crippen LogP contribution in [0.1, 0.15) is 5.69 Å². The minimum absolute atomic E-state index is 0.0420. The number of aryl methyl sites for hydroxylation is 1. The number of methoxy groups -OCH3 is 1. The maximum Gasteiger partial charge on any atom is 0.246 e. The topological polar surface area (TPSA) is 69.0 Å². The molecular formula is C22H17Br2FN4O2. The van der Waals surface area contributed by atoms with Crippen molar-refractivity contribution in [2.24, 2.45) is 0 Å². The highest BCUT2D eigenvalue weighted by atomic mass is 79.9. The van der Waals surface area contributed by atoms with Crippen LogP contribution in [0.25, 0.3) is 22.2 Å². The minimum atomic E-state index is -0.416. The molecule has 1 N–H and O–H groups in total. The molecule has 0 unspecified atom stereocenters. The van der Waals surface area contributed by atoms with Gasteiger partial charge in [-0.15, -0.1) is 0 Å². The Morgan fingerprint density at radius 2 is 1.84 bits per heavy atom. The third-order valence-electron chi connectivity index (χ3n) is 4.77. The number of carbonyl (C=O) groups excluding carboxylic acids is 1. The summed E-state index contributed by atoms with van der Waals surface area (Å²) in [5.41, 5.74) is 3.80. The third-order valence-corrected chi connectivity index (χ3v) is 6.02. The van der Waals surface area contributed by atoms with Crippen molar-refractivity contribution in [1.82, 2.24) is 14.8 Å². The van der Waals surface area contributed by atoms with Crippen LogP contribution in [-0.2, 0) is 11.3 Å². The van der Waals surface area contributed by atoms with Gasteiger partial charge in [0.25, 0.3) is 0 Å². The maximum absolute atomic E-state index is 13.5. The zero-order valence-electron chi connectivity index (χ0n) is 16.6. The van der Waals surface area contributed by atoms with Gasteiger partial charge in [-0.05, 0) is 80.2 Å². The fourth-order valence-electron chi connectivity index (χ4n) is 3.38. The lowest BCUT2D eigenvalue weighted by molar-refractivity contribution is -0.116. The number of amides is 1. The van der Waals surface area contributed by atoms with E-state index in [2.05, 4.69) is 47.3 Å². The highest BCUT2D eigenvalue weighted by Gasteiger charge is 2.17. The minimum Gasteiger partial charge on any atom is -0.497 e. The van der Waals surface area contributed by atoms with E-state index in [0.29, 0.717) is 20.3 Å². The number of nitrogens with one attached hydrogen (secondary N) is 1. The standard InChI is InChI=1S/C22H17Br2FN4O2/c1-12-20-16(13-3-5-15(31-2)6-4-13)7-8-26-22(20)29(28-12)11-19(30)27-21-17(23)9-14(25)10-18(21)24/h3-10H,11H2,1-2H3,(H,27,30). The second-order valence-electron chi connectivity index (χ2n) is 6.82. The average molecular weight is 548 g/mol. The van der Waals surface area contributed by atoms with Gasteiger partial charge in [-0.2, -0.15) is 5.10 Å². The SMILES string of the molecule is COc1ccc(-c2ccnc3c2c(C)nn3CC(=O)Nc2c(Br)cc(F)cc2Br)cc1. The quantitative estimate of drug-likeness (QED) is 0.347. The fourth-order valence-corrected chi connectivity index (χ4v) is 4.71. The lowest BCUT2D eigenvalue weighted by atomic mass is 10.0. The van der Waals surface area contributed by atoms with E-state index in [4.69, 9.17) is 4.74 Å². The molecule has 0 saturated heterocycles. The Bertz CT molecular complexity index is 1270. The molecule has 6 nitrogen and oxygen atoms in total. The van der Waals surface area contributed by atoms with Crippen LogP contribution >= 0.6 is 31.9 Å². The molecule has 4 rings (SSSR count). The number of ether oxygens (including phenoxy) is 1. The first-order chi connectivity index (χ1) is 14.9. The number of aromatic nitrogens is 3. The Kier molecular flexibility index (Phi) is 6.06. The Morgan fingerprint density at radius 3 is 2.48 bits per heavy atom. The normalized spacial score (nSPS) is 11.0. The highest BCUT2D eigenvalue weighted by Crippen LogP contribution is 2.33. The van der Waals surface area contributed by atoms with Gasteiger partial charge in [-0.25, -0.2) is 14.1 Å². The smallest absolute Gasteiger partial charge is 0.246 e. The summed E-state index contributed by atoms with van der Waals surface area (Å²) < 4.78 is 21.2. The van der Waals surface area contributed by atoms with Gasteiger partial charge >= 0.3 is 0 Å². The largest absolute Gasteiger partial charge is 0.497 e. The van der Waals surface area contributed by atoms with Gasteiger partial charge in [-0.3, -0.25) is 4.79 Å². The maximum atomic E-state index is 13.5. The average Bonchev–Trinajstić information content (AvgIpc) is 3.06. The van der Waals surface area contributed by atoms with Crippen molar-refractivity contribution >= 4 is 54.5 Å². The van der Waals surface area contributed by atoms with Gasteiger partial charge in [0.05, 0.1) is 18.5 Å². The highest BCUT2D eigenvalue weighted by molar-refractivity contribution is 9.11. The van der Waals surface area contributed by atoms with Crippen LogP contribution < -0.4 is 10.1 Å².